The summed E-state index contributed by atoms with van der Waals surface area (Å²) in [5.74, 6) is -1.76. The van der Waals surface area contributed by atoms with E-state index in [4.69, 9.17) is 49.5 Å². The Bertz CT molecular complexity index is 1470. The number of hydrogen-bond donors (Lipinski definition) is 2. The van der Waals surface area contributed by atoms with Gasteiger partial charge in [-0.05, 0) is 45.9 Å². The third-order valence-corrected chi connectivity index (χ3v) is 8.58. The van der Waals surface area contributed by atoms with Crippen LogP contribution in [0.5, 0.6) is 0 Å². The first-order chi connectivity index (χ1) is 21.3. The molecule has 0 aliphatic carbocycles. The number of ether oxygens (including phenoxy) is 8. The van der Waals surface area contributed by atoms with Gasteiger partial charge >= 0.3 is 5.69 Å². The Morgan fingerprint density at radius 2 is 1.31 bits per heavy atom. The second kappa shape index (κ2) is 12.5. The van der Waals surface area contributed by atoms with Gasteiger partial charge in [-0.25, -0.2) is 4.79 Å². The van der Waals surface area contributed by atoms with E-state index < -0.39 is 78.7 Å². The van der Waals surface area contributed by atoms with Crippen molar-refractivity contribution in [1.29, 1.82) is 0 Å². The van der Waals surface area contributed by atoms with Crippen LogP contribution in [-0.2, 0) is 51.0 Å². The summed E-state index contributed by atoms with van der Waals surface area (Å²) in [6.45, 7) is 14.6. The summed E-state index contributed by atoms with van der Waals surface area (Å²) >= 11 is 6.35. The van der Waals surface area contributed by atoms with Crippen LogP contribution in [0, 0.1) is 0 Å². The van der Waals surface area contributed by atoms with Gasteiger partial charge in [0, 0.05) is 5.02 Å². The molecule has 0 saturated carbocycles. The molecule has 10 atom stereocenters. The van der Waals surface area contributed by atoms with Crippen molar-refractivity contribution in [2.75, 3.05) is 13.2 Å². The van der Waals surface area contributed by atoms with Gasteiger partial charge in [0.25, 0.3) is 0 Å². The lowest BCUT2D eigenvalue weighted by Gasteiger charge is -2.28. The maximum Gasteiger partial charge on any atom is 0.329 e. The maximum absolute atomic E-state index is 14.0. The average Bonchev–Trinajstić information content (AvgIpc) is 3.70. The Morgan fingerprint density at radius 1 is 0.844 bits per heavy atom. The third kappa shape index (κ3) is 6.29. The molecule has 6 rings (SSSR count). The molecule has 4 aliphatic heterocycles. The standard InChI is InChI=1S/C31H41ClN2O11/c1-7-11-38-23-21(40-27-25(23)42-30(3,4)44-27)19(35)14-33-17-10-9-16(32)13-18(17)34(29(33)37)15-20(36)22-24(39-12-8-2)26-28(41-22)45-31(5,6)43-26/h7-10,13,19-28,35-36H,1-2,11-12,14-15H2,3-6H3/t19-,20+,21+,22+,23-,24-,25+,26-,27-,28-/m1/s1. The van der Waals surface area contributed by atoms with Crippen LogP contribution in [0.15, 0.2) is 48.3 Å². The molecule has 1 aromatic heterocycles. The lowest BCUT2D eigenvalue weighted by atomic mass is 10.1. The zero-order valence-corrected chi connectivity index (χ0v) is 26.5. The number of rotatable bonds is 12. The molecule has 1 aromatic carbocycles. The Morgan fingerprint density at radius 3 is 1.78 bits per heavy atom. The van der Waals surface area contributed by atoms with Gasteiger partial charge in [0.05, 0.1) is 37.3 Å². The molecular formula is C31H41ClN2O11. The Hall–Kier alpha value is -2.14. The van der Waals surface area contributed by atoms with Crippen LogP contribution < -0.4 is 5.69 Å². The van der Waals surface area contributed by atoms with Crippen molar-refractivity contribution < 1.29 is 48.1 Å². The third-order valence-electron chi connectivity index (χ3n) is 8.35. The normalized spacial score (nSPS) is 34.6. The SMILES string of the molecule is C=CCO[C@@H]1[C@H]([C@@H](O)Cn2c(=O)n(C[C@@H](O)[C@@H]3O[C@@H]4OC(C)(C)O[C@H]4[C@@H]3OCC=C)c3ccc(Cl)cc32)O[C@@H]2OC(C)(C)O[C@@H]21. The van der Waals surface area contributed by atoms with E-state index in [1.807, 2.05) is 0 Å². The van der Waals surface area contributed by atoms with Gasteiger partial charge in [0.2, 0.25) is 0 Å². The van der Waals surface area contributed by atoms with E-state index in [2.05, 4.69) is 13.2 Å². The van der Waals surface area contributed by atoms with Gasteiger partial charge in [0.15, 0.2) is 24.2 Å². The number of halogens is 1. The van der Waals surface area contributed by atoms with Crippen molar-refractivity contribution in [3.05, 3.63) is 59.0 Å². The number of fused-ring (bicyclic) bond motifs is 3. The number of imidazole rings is 1. The molecule has 4 fully saturated rings. The average molecular weight is 653 g/mol. The minimum atomic E-state index is -1.20. The lowest BCUT2D eigenvalue weighted by molar-refractivity contribution is -0.229. The molecule has 0 amide bonds. The molecule has 0 bridgehead atoms. The molecule has 4 aliphatic rings. The van der Waals surface area contributed by atoms with Crippen molar-refractivity contribution in [2.24, 2.45) is 0 Å². The molecule has 0 spiro atoms. The molecule has 5 heterocycles. The number of benzene rings is 1. The zero-order chi connectivity index (χ0) is 32.3. The van der Waals surface area contributed by atoms with E-state index in [-0.39, 0.29) is 26.3 Å². The molecule has 0 unspecified atom stereocenters. The van der Waals surface area contributed by atoms with E-state index in [0.29, 0.717) is 16.1 Å². The summed E-state index contributed by atoms with van der Waals surface area (Å²) in [4.78, 5) is 14.0. The second-order valence-corrected chi connectivity index (χ2v) is 13.0. The fourth-order valence-corrected chi connectivity index (χ4v) is 6.76. The van der Waals surface area contributed by atoms with Crippen LogP contribution in [-0.4, -0.2) is 106 Å². The number of aliphatic hydroxyl groups is 2. The van der Waals surface area contributed by atoms with Gasteiger partial charge in [0.1, 0.15) is 48.8 Å². The highest BCUT2D eigenvalue weighted by Crippen LogP contribution is 2.41. The highest BCUT2D eigenvalue weighted by atomic mass is 35.5. The second-order valence-electron chi connectivity index (χ2n) is 12.6. The summed E-state index contributed by atoms with van der Waals surface area (Å²) in [5, 5.41) is 23.3. The van der Waals surface area contributed by atoms with E-state index in [0.717, 1.165) is 0 Å². The monoisotopic (exact) mass is 652 g/mol. The van der Waals surface area contributed by atoms with E-state index in [9.17, 15) is 15.0 Å². The maximum atomic E-state index is 14.0. The zero-order valence-electron chi connectivity index (χ0n) is 25.7. The van der Waals surface area contributed by atoms with Crippen molar-refractivity contribution in [1.82, 2.24) is 9.13 Å². The molecule has 14 heteroatoms. The molecular weight excluding hydrogens is 612 g/mol. The van der Waals surface area contributed by atoms with Crippen molar-refractivity contribution in [3.63, 3.8) is 0 Å². The summed E-state index contributed by atoms with van der Waals surface area (Å²) in [6.07, 6.45) is -4.95. The number of nitrogens with zero attached hydrogens (tertiary/aromatic N) is 2. The fraction of sp³-hybridized carbons (Fsp3) is 0.645. The topological polar surface area (TPSA) is 141 Å². The van der Waals surface area contributed by atoms with E-state index in [1.54, 1.807) is 58.0 Å². The largest absolute Gasteiger partial charge is 0.388 e. The van der Waals surface area contributed by atoms with E-state index in [1.165, 1.54) is 9.13 Å². The van der Waals surface area contributed by atoms with Crippen LogP contribution in [0.2, 0.25) is 5.02 Å². The van der Waals surface area contributed by atoms with Gasteiger partial charge < -0.3 is 48.1 Å². The van der Waals surface area contributed by atoms with E-state index >= 15 is 0 Å². The summed E-state index contributed by atoms with van der Waals surface area (Å²) in [7, 11) is 0. The summed E-state index contributed by atoms with van der Waals surface area (Å²) in [5.41, 5.74) is 0.491. The first kappa shape index (κ1) is 32.8. The Balaban J connectivity index is 1.25. The van der Waals surface area contributed by atoms with Crippen molar-refractivity contribution >= 4 is 22.6 Å². The first-order valence-electron chi connectivity index (χ1n) is 15.0. The van der Waals surface area contributed by atoms with Crippen LogP contribution >= 0.6 is 11.6 Å². The lowest BCUT2D eigenvalue weighted by Crippen LogP contribution is -2.46. The smallest absolute Gasteiger partial charge is 0.329 e. The highest BCUT2D eigenvalue weighted by Gasteiger charge is 2.58. The minimum Gasteiger partial charge on any atom is -0.388 e. The van der Waals surface area contributed by atoms with Gasteiger partial charge in [-0.15, -0.1) is 13.2 Å². The van der Waals surface area contributed by atoms with Crippen molar-refractivity contribution in [2.45, 2.75) is 114 Å². The number of aliphatic hydroxyl groups excluding tert-OH is 2. The highest BCUT2D eigenvalue weighted by molar-refractivity contribution is 6.31. The molecule has 2 N–H and O–H groups in total. The molecule has 0 radical (unpaired) electrons. The molecule has 248 valence electrons. The fourth-order valence-electron chi connectivity index (χ4n) is 6.59. The van der Waals surface area contributed by atoms with Gasteiger partial charge in [-0.3, -0.25) is 9.13 Å². The predicted molar refractivity (Wildman–Crippen MR) is 160 cm³/mol. The quantitative estimate of drug-likeness (QED) is 0.326. The predicted octanol–water partition coefficient (Wildman–Crippen LogP) is 2.07. The summed E-state index contributed by atoms with van der Waals surface area (Å²) in [6, 6.07) is 4.98. The van der Waals surface area contributed by atoms with Crippen LogP contribution in [0.3, 0.4) is 0 Å². The minimum absolute atomic E-state index is 0.145. The molecule has 2 aromatic rings. The summed E-state index contributed by atoms with van der Waals surface area (Å²) < 4.78 is 50.6. The Kier molecular flexibility index (Phi) is 9.09. The first-order valence-corrected chi connectivity index (χ1v) is 15.4. The van der Waals surface area contributed by atoms with Crippen LogP contribution in [0.4, 0.5) is 0 Å². The van der Waals surface area contributed by atoms with Gasteiger partial charge in [-0.1, -0.05) is 23.8 Å². The number of hydrogen-bond acceptors (Lipinski definition) is 11. The molecule has 13 nitrogen and oxygen atoms in total. The number of aromatic nitrogens is 2. The molecule has 45 heavy (non-hydrogen) atoms. The van der Waals surface area contributed by atoms with Crippen molar-refractivity contribution in [3.8, 4) is 0 Å². The Labute approximate surface area is 265 Å². The van der Waals surface area contributed by atoms with Crippen LogP contribution in [0.25, 0.3) is 11.0 Å². The van der Waals surface area contributed by atoms with Gasteiger partial charge in [-0.2, -0.15) is 0 Å². The van der Waals surface area contributed by atoms with Crippen LogP contribution in [0.1, 0.15) is 27.7 Å². The molecule has 4 saturated heterocycles.